The van der Waals surface area contributed by atoms with E-state index in [4.69, 9.17) is 0 Å². The van der Waals surface area contributed by atoms with Gasteiger partial charge >= 0.3 is 6.03 Å². The summed E-state index contributed by atoms with van der Waals surface area (Å²) in [6.07, 6.45) is 6.39. The molecule has 1 aliphatic heterocycles. The first-order chi connectivity index (χ1) is 12.5. The highest BCUT2D eigenvalue weighted by atomic mass is 32.2. The van der Waals surface area contributed by atoms with Crippen LogP contribution >= 0.6 is 0 Å². The number of anilines is 1. The molecule has 1 N–H and O–H groups in total. The Morgan fingerprint density at radius 1 is 1.19 bits per heavy atom. The molecule has 0 radical (unpaired) electrons. The van der Waals surface area contributed by atoms with Crippen LogP contribution in [-0.4, -0.2) is 44.4 Å². The largest absolute Gasteiger partial charge is 0.335 e. The van der Waals surface area contributed by atoms with Crippen molar-refractivity contribution in [2.75, 3.05) is 24.5 Å². The number of hydrogen-bond acceptors (Lipinski definition) is 3. The van der Waals surface area contributed by atoms with Gasteiger partial charge in [0.2, 0.25) is 10.0 Å². The molecule has 0 aromatic heterocycles. The minimum atomic E-state index is -3.47. The Labute approximate surface area is 156 Å². The number of benzene rings is 1. The number of carbonyl (C=O) groups is 1. The van der Waals surface area contributed by atoms with E-state index in [-0.39, 0.29) is 12.1 Å². The van der Waals surface area contributed by atoms with Gasteiger partial charge < -0.3 is 5.32 Å². The third-order valence-corrected chi connectivity index (χ3v) is 7.51. The smallest absolute Gasteiger partial charge is 0.322 e. The average Bonchev–Trinajstić information content (AvgIpc) is 3.06. The van der Waals surface area contributed by atoms with E-state index in [1.165, 1.54) is 23.6 Å². The first kappa shape index (κ1) is 19.2. The number of nitrogens with zero attached hydrogens (tertiary/aromatic N) is 2. The number of hydrogen-bond donors (Lipinski definition) is 1. The molecule has 1 heterocycles. The molecule has 0 bridgehead atoms. The number of carbonyl (C=O) groups excluding carboxylic acids is 1. The summed E-state index contributed by atoms with van der Waals surface area (Å²) in [7, 11) is -3.47. The molecular formula is C19H29N3O3S. The van der Waals surface area contributed by atoms with Gasteiger partial charge in [-0.2, -0.15) is 4.31 Å². The highest BCUT2D eigenvalue weighted by Gasteiger charge is 2.29. The van der Waals surface area contributed by atoms with Gasteiger partial charge in [0.25, 0.3) is 0 Å². The molecule has 1 saturated carbocycles. The highest BCUT2D eigenvalue weighted by molar-refractivity contribution is 7.89. The minimum absolute atomic E-state index is 0.0602. The molecule has 0 unspecified atom stereocenters. The van der Waals surface area contributed by atoms with Gasteiger partial charge in [0.1, 0.15) is 0 Å². The van der Waals surface area contributed by atoms with Crippen LogP contribution < -0.4 is 10.2 Å². The molecule has 3 rings (SSSR count). The molecule has 2 aliphatic rings. The van der Waals surface area contributed by atoms with Crippen molar-refractivity contribution >= 4 is 21.7 Å². The predicted octanol–water partition coefficient (Wildman–Crippen LogP) is 3.12. The maximum atomic E-state index is 12.7. The van der Waals surface area contributed by atoms with Crippen LogP contribution in [0.5, 0.6) is 0 Å². The molecule has 0 spiro atoms. The summed E-state index contributed by atoms with van der Waals surface area (Å²) in [5, 5.41) is 3.14. The average molecular weight is 380 g/mol. The summed E-state index contributed by atoms with van der Waals surface area (Å²) >= 11 is 0. The molecule has 0 atom stereocenters. The van der Waals surface area contributed by atoms with Crippen LogP contribution in [0.25, 0.3) is 0 Å². The summed E-state index contributed by atoms with van der Waals surface area (Å²) < 4.78 is 26.9. The monoisotopic (exact) mass is 379 g/mol. The zero-order chi connectivity index (χ0) is 18.7. The van der Waals surface area contributed by atoms with Crippen LogP contribution in [0.4, 0.5) is 10.5 Å². The van der Waals surface area contributed by atoms with E-state index in [9.17, 15) is 13.2 Å². The lowest BCUT2D eigenvalue weighted by molar-refractivity contribution is 0.238. The second-order valence-electron chi connectivity index (χ2n) is 7.07. The summed E-state index contributed by atoms with van der Waals surface area (Å²) in [5.74, 6) is 0. The van der Waals surface area contributed by atoms with E-state index >= 15 is 0 Å². The molecule has 1 aromatic rings. The van der Waals surface area contributed by atoms with Crippen molar-refractivity contribution in [3.8, 4) is 0 Å². The first-order valence-corrected chi connectivity index (χ1v) is 11.1. The van der Waals surface area contributed by atoms with Crippen LogP contribution in [0, 0.1) is 0 Å². The predicted molar refractivity (Wildman–Crippen MR) is 103 cm³/mol. The van der Waals surface area contributed by atoms with Crippen LogP contribution in [0.1, 0.15) is 51.5 Å². The second-order valence-corrected chi connectivity index (χ2v) is 9.00. The number of nitrogens with one attached hydrogen (secondary N) is 1. The van der Waals surface area contributed by atoms with Gasteiger partial charge in [-0.1, -0.05) is 33.1 Å². The Balaban J connectivity index is 1.76. The third kappa shape index (κ3) is 3.74. The Morgan fingerprint density at radius 3 is 2.54 bits per heavy atom. The summed E-state index contributed by atoms with van der Waals surface area (Å²) in [6.45, 7) is 5.18. The van der Waals surface area contributed by atoms with E-state index in [2.05, 4.69) is 5.32 Å². The van der Waals surface area contributed by atoms with E-state index < -0.39 is 10.0 Å². The molecular weight excluding hydrogens is 350 g/mol. The fraction of sp³-hybridized carbons (Fsp3) is 0.632. The number of sulfonamides is 1. The fourth-order valence-electron chi connectivity index (χ4n) is 3.96. The van der Waals surface area contributed by atoms with Crippen molar-refractivity contribution in [1.29, 1.82) is 0 Å². The number of urea groups is 1. The zero-order valence-corrected chi connectivity index (χ0v) is 16.5. The van der Waals surface area contributed by atoms with Gasteiger partial charge in [-0.3, -0.25) is 4.90 Å². The summed E-state index contributed by atoms with van der Waals surface area (Å²) in [4.78, 5) is 14.7. The van der Waals surface area contributed by atoms with Gasteiger partial charge in [0.15, 0.2) is 0 Å². The van der Waals surface area contributed by atoms with E-state index in [0.29, 0.717) is 31.0 Å². The molecule has 144 valence electrons. The summed E-state index contributed by atoms with van der Waals surface area (Å²) in [6, 6.07) is 5.34. The van der Waals surface area contributed by atoms with E-state index in [1.807, 2.05) is 13.8 Å². The fourth-order valence-corrected chi connectivity index (χ4v) is 5.47. The molecule has 26 heavy (non-hydrogen) atoms. The molecule has 1 fully saturated rings. The summed E-state index contributed by atoms with van der Waals surface area (Å²) in [5.41, 5.74) is 1.76. The minimum Gasteiger partial charge on any atom is -0.335 e. The van der Waals surface area contributed by atoms with Crippen molar-refractivity contribution in [2.24, 2.45) is 0 Å². The van der Waals surface area contributed by atoms with Gasteiger partial charge in [-0.05, 0) is 43.0 Å². The lowest BCUT2D eigenvalue weighted by Gasteiger charge is -2.26. The quantitative estimate of drug-likeness (QED) is 0.854. The standard InChI is InChI=1S/C19H29N3O3S/c1-3-21(4-2)26(24,25)17-10-11-18-15(14-17)12-13-22(18)19(23)20-16-8-6-5-7-9-16/h10-11,14,16H,3-9,12-13H2,1-2H3,(H,20,23). The maximum absolute atomic E-state index is 12.7. The van der Waals surface area contributed by atoms with Crippen molar-refractivity contribution in [3.05, 3.63) is 23.8 Å². The second kappa shape index (κ2) is 7.96. The lowest BCUT2D eigenvalue weighted by atomic mass is 9.96. The molecule has 2 amide bonds. The van der Waals surface area contributed by atoms with Gasteiger partial charge in [0.05, 0.1) is 4.90 Å². The van der Waals surface area contributed by atoms with Crippen molar-refractivity contribution < 1.29 is 13.2 Å². The van der Waals surface area contributed by atoms with Crippen LogP contribution in [0.2, 0.25) is 0 Å². The third-order valence-electron chi connectivity index (χ3n) is 5.47. The molecule has 0 saturated heterocycles. The van der Waals surface area contributed by atoms with Crippen molar-refractivity contribution in [2.45, 2.75) is 63.3 Å². The Bertz CT molecular complexity index is 753. The molecule has 6 nitrogen and oxygen atoms in total. The van der Waals surface area contributed by atoms with Crippen LogP contribution in [-0.2, 0) is 16.4 Å². The highest BCUT2D eigenvalue weighted by Crippen LogP contribution is 2.31. The topological polar surface area (TPSA) is 69.7 Å². The van der Waals surface area contributed by atoms with Crippen LogP contribution in [0.3, 0.4) is 0 Å². The van der Waals surface area contributed by atoms with Crippen molar-refractivity contribution in [3.63, 3.8) is 0 Å². The van der Waals surface area contributed by atoms with Gasteiger partial charge in [0, 0.05) is 31.4 Å². The van der Waals surface area contributed by atoms with E-state index in [1.54, 1.807) is 23.1 Å². The van der Waals surface area contributed by atoms with E-state index in [0.717, 1.165) is 24.1 Å². The van der Waals surface area contributed by atoms with Crippen LogP contribution in [0.15, 0.2) is 23.1 Å². The molecule has 1 aliphatic carbocycles. The normalized spacial score (nSPS) is 18.2. The molecule has 1 aromatic carbocycles. The van der Waals surface area contributed by atoms with Gasteiger partial charge in [-0.15, -0.1) is 0 Å². The number of amides is 2. The lowest BCUT2D eigenvalue weighted by Crippen LogP contribution is -2.45. The Kier molecular flexibility index (Phi) is 5.87. The zero-order valence-electron chi connectivity index (χ0n) is 15.7. The SMILES string of the molecule is CCN(CC)S(=O)(=O)c1ccc2c(c1)CCN2C(=O)NC1CCCCC1. The Hall–Kier alpha value is -1.60. The van der Waals surface area contributed by atoms with Crippen molar-refractivity contribution in [1.82, 2.24) is 9.62 Å². The first-order valence-electron chi connectivity index (χ1n) is 9.68. The number of fused-ring (bicyclic) bond motifs is 1. The maximum Gasteiger partial charge on any atom is 0.322 e. The number of rotatable bonds is 5. The van der Waals surface area contributed by atoms with Gasteiger partial charge in [-0.25, -0.2) is 13.2 Å². The Morgan fingerprint density at radius 2 is 1.88 bits per heavy atom. The molecule has 7 heteroatoms.